The Morgan fingerprint density at radius 3 is 2.45 bits per heavy atom. The highest BCUT2D eigenvalue weighted by atomic mass is 16.5. The van der Waals surface area contributed by atoms with Crippen molar-refractivity contribution in [1.82, 2.24) is 0 Å². The van der Waals surface area contributed by atoms with Crippen molar-refractivity contribution >= 4 is 0 Å². The van der Waals surface area contributed by atoms with Gasteiger partial charge in [-0.2, -0.15) is 0 Å². The van der Waals surface area contributed by atoms with Crippen LogP contribution in [0.25, 0.3) is 0 Å². The highest BCUT2D eigenvalue weighted by Gasteiger charge is 2.07. The van der Waals surface area contributed by atoms with Crippen LogP contribution in [0.3, 0.4) is 0 Å². The van der Waals surface area contributed by atoms with Crippen LogP contribution >= 0.6 is 0 Å². The third kappa shape index (κ3) is 6.32. The van der Waals surface area contributed by atoms with Gasteiger partial charge in [0.25, 0.3) is 0 Å². The predicted octanol–water partition coefficient (Wildman–Crippen LogP) is 1.82. The van der Waals surface area contributed by atoms with Crippen LogP contribution in [-0.4, -0.2) is 24.4 Å². The summed E-state index contributed by atoms with van der Waals surface area (Å²) in [5, 5.41) is 9.10. The van der Waals surface area contributed by atoms with Gasteiger partial charge in [-0.3, -0.25) is 0 Å². The van der Waals surface area contributed by atoms with Crippen LogP contribution in [0.5, 0.6) is 0 Å². The first-order valence-corrected chi connectivity index (χ1v) is 4.44. The average Bonchev–Trinajstić information content (AvgIpc) is 1.97. The van der Waals surface area contributed by atoms with E-state index in [2.05, 4.69) is 6.92 Å². The average molecular weight is 160 g/mol. The van der Waals surface area contributed by atoms with Gasteiger partial charge in [-0.05, 0) is 13.3 Å². The molecule has 2 heteroatoms. The second-order valence-electron chi connectivity index (χ2n) is 3.15. The fraction of sp³-hybridized carbons (Fsp3) is 1.00. The normalized spacial score (nSPS) is 16.4. The molecule has 0 fully saturated rings. The molecule has 0 amide bonds. The number of ether oxygens (including phenoxy) is 1. The molecule has 0 saturated heterocycles. The molecule has 0 bridgehead atoms. The zero-order valence-corrected chi connectivity index (χ0v) is 7.84. The lowest BCUT2D eigenvalue weighted by atomic mass is 10.1. The summed E-state index contributed by atoms with van der Waals surface area (Å²) in [4.78, 5) is 0. The molecule has 0 aromatic carbocycles. The molecule has 0 radical (unpaired) electrons. The molecular weight excluding hydrogens is 140 g/mol. The molecule has 0 aromatic heterocycles. The van der Waals surface area contributed by atoms with Gasteiger partial charge in [0.05, 0.1) is 12.7 Å². The van der Waals surface area contributed by atoms with Gasteiger partial charge in [0.1, 0.15) is 0 Å². The van der Waals surface area contributed by atoms with E-state index in [1.54, 1.807) is 6.92 Å². The Kier molecular flexibility index (Phi) is 6.57. The van der Waals surface area contributed by atoms with Gasteiger partial charge >= 0.3 is 0 Å². The van der Waals surface area contributed by atoms with Crippen molar-refractivity contribution in [3.63, 3.8) is 0 Å². The molecule has 0 rings (SSSR count). The summed E-state index contributed by atoms with van der Waals surface area (Å²) in [6.45, 7) is 7.44. The molecule has 0 aliphatic carbocycles. The lowest BCUT2D eigenvalue weighted by molar-refractivity contribution is 0.0433. The van der Waals surface area contributed by atoms with E-state index < -0.39 is 0 Å². The predicted molar refractivity (Wildman–Crippen MR) is 46.6 cm³/mol. The van der Waals surface area contributed by atoms with Crippen LogP contribution in [0.1, 0.15) is 33.6 Å². The summed E-state index contributed by atoms with van der Waals surface area (Å²) in [5.41, 5.74) is 0. The minimum atomic E-state index is -0.253. The molecule has 0 saturated carbocycles. The van der Waals surface area contributed by atoms with E-state index in [4.69, 9.17) is 9.84 Å². The summed E-state index contributed by atoms with van der Waals surface area (Å²) in [6, 6.07) is 0. The topological polar surface area (TPSA) is 29.5 Å². The Hall–Kier alpha value is -0.0800. The van der Waals surface area contributed by atoms with Crippen molar-refractivity contribution in [2.24, 2.45) is 5.92 Å². The van der Waals surface area contributed by atoms with Crippen molar-refractivity contribution in [3.8, 4) is 0 Å². The Labute approximate surface area is 69.6 Å². The fourth-order valence-corrected chi connectivity index (χ4v) is 0.655. The fourth-order valence-electron chi connectivity index (χ4n) is 0.655. The molecule has 0 spiro atoms. The van der Waals surface area contributed by atoms with Crippen molar-refractivity contribution in [1.29, 1.82) is 0 Å². The molecule has 0 aliphatic heterocycles. The molecule has 0 aromatic rings. The summed E-state index contributed by atoms with van der Waals surface area (Å²) < 4.78 is 5.34. The number of aliphatic hydroxyl groups excluding tert-OH is 1. The maximum atomic E-state index is 9.10. The molecular formula is C9H20O2. The summed E-state index contributed by atoms with van der Waals surface area (Å²) in [6.07, 6.45) is 2.03. The Bertz CT molecular complexity index is 81.6. The number of unbranched alkanes of at least 4 members (excludes halogenated alkanes) is 1. The van der Waals surface area contributed by atoms with E-state index in [9.17, 15) is 0 Å². The number of aliphatic hydroxyl groups is 1. The van der Waals surface area contributed by atoms with Gasteiger partial charge in [0, 0.05) is 12.5 Å². The number of rotatable bonds is 6. The molecule has 0 unspecified atom stereocenters. The molecule has 11 heavy (non-hydrogen) atoms. The quantitative estimate of drug-likeness (QED) is 0.600. The standard InChI is InChI=1S/C9H20O2/c1-4-5-6-11-7-8(2)9(3)10/h8-10H,4-7H2,1-3H3/t8-,9+/m1/s1. The monoisotopic (exact) mass is 160 g/mol. The van der Waals surface area contributed by atoms with Gasteiger partial charge in [-0.25, -0.2) is 0 Å². The number of hydrogen-bond acceptors (Lipinski definition) is 2. The molecule has 0 aliphatic rings. The van der Waals surface area contributed by atoms with Crippen LogP contribution in [-0.2, 0) is 4.74 Å². The summed E-state index contributed by atoms with van der Waals surface area (Å²) in [7, 11) is 0. The van der Waals surface area contributed by atoms with E-state index in [1.807, 2.05) is 6.92 Å². The molecule has 1 N–H and O–H groups in total. The minimum Gasteiger partial charge on any atom is -0.393 e. The van der Waals surface area contributed by atoms with Crippen LogP contribution in [0.2, 0.25) is 0 Å². The molecule has 0 heterocycles. The third-order valence-electron chi connectivity index (χ3n) is 1.85. The van der Waals surface area contributed by atoms with E-state index in [-0.39, 0.29) is 12.0 Å². The Morgan fingerprint density at radius 1 is 1.36 bits per heavy atom. The summed E-state index contributed by atoms with van der Waals surface area (Å²) in [5.74, 6) is 0.256. The first-order chi connectivity index (χ1) is 5.18. The maximum absolute atomic E-state index is 9.10. The lowest BCUT2D eigenvalue weighted by Gasteiger charge is -2.14. The highest BCUT2D eigenvalue weighted by molar-refractivity contribution is 4.56. The smallest absolute Gasteiger partial charge is 0.0559 e. The second kappa shape index (κ2) is 6.62. The van der Waals surface area contributed by atoms with Crippen molar-refractivity contribution < 1.29 is 9.84 Å². The van der Waals surface area contributed by atoms with E-state index in [0.29, 0.717) is 6.61 Å². The molecule has 68 valence electrons. The zero-order valence-electron chi connectivity index (χ0n) is 7.84. The number of hydrogen-bond donors (Lipinski definition) is 1. The van der Waals surface area contributed by atoms with Crippen molar-refractivity contribution in [2.75, 3.05) is 13.2 Å². The van der Waals surface area contributed by atoms with Gasteiger partial charge < -0.3 is 9.84 Å². The van der Waals surface area contributed by atoms with Gasteiger partial charge in [0.15, 0.2) is 0 Å². The van der Waals surface area contributed by atoms with Crippen LogP contribution in [0.4, 0.5) is 0 Å². The maximum Gasteiger partial charge on any atom is 0.0559 e. The van der Waals surface area contributed by atoms with Crippen LogP contribution < -0.4 is 0 Å². The lowest BCUT2D eigenvalue weighted by Crippen LogP contribution is -2.19. The first kappa shape index (κ1) is 10.9. The van der Waals surface area contributed by atoms with E-state index in [1.165, 1.54) is 6.42 Å². The van der Waals surface area contributed by atoms with Gasteiger partial charge in [-0.1, -0.05) is 20.3 Å². The Balaban J connectivity index is 3.10. The SMILES string of the molecule is CCCCOC[C@@H](C)[C@H](C)O. The third-order valence-corrected chi connectivity index (χ3v) is 1.85. The van der Waals surface area contributed by atoms with Gasteiger partial charge in [0.2, 0.25) is 0 Å². The largest absolute Gasteiger partial charge is 0.393 e. The van der Waals surface area contributed by atoms with Crippen molar-refractivity contribution in [3.05, 3.63) is 0 Å². The van der Waals surface area contributed by atoms with Crippen molar-refractivity contribution in [2.45, 2.75) is 39.7 Å². The van der Waals surface area contributed by atoms with Crippen LogP contribution in [0.15, 0.2) is 0 Å². The first-order valence-electron chi connectivity index (χ1n) is 4.44. The molecule has 2 atom stereocenters. The zero-order chi connectivity index (χ0) is 8.69. The molecule has 2 nitrogen and oxygen atoms in total. The van der Waals surface area contributed by atoms with Gasteiger partial charge in [-0.15, -0.1) is 0 Å². The second-order valence-corrected chi connectivity index (χ2v) is 3.15. The minimum absolute atomic E-state index is 0.253. The van der Waals surface area contributed by atoms with E-state index >= 15 is 0 Å². The van der Waals surface area contributed by atoms with E-state index in [0.717, 1.165) is 13.0 Å². The summed E-state index contributed by atoms with van der Waals surface area (Å²) >= 11 is 0. The van der Waals surface area contributed by atoms with Crippen LogP contribution in [0, 0.1) is 5.92 Å². The highest BCUT2D eigenvalue weighted by Crippen LogP contribution is 2.02. The Morgan fingerprint density at radius 2 is 2.00 bits per heavy atom.